The number of carbonyl (C=O) groups is 1. The summed E-state index contributed by atoms with van der Waals surface area (Å²) in [6, 6.07) is 23.1. The topological polar surface area (TPSA) is 125 Å². The lowest BCUT2D eigenvalue weighted by atomic mass is 10.2. The fourth-order valence-electron chi connectivity index (χ4n) is 2.98. The van der Waals surface area contributed by atoms with Gasteiger partial charge < -0.3 is 39.7 Å². The largest absolute Gasteiger partial charge is 0.544 e. The van der Waals surface area contributed by atoms with Gasteiger partial charge in [-0.1, -0.05) is 84.0 Å². The number of aliphatic carboxylic acids is 1. The Balaban J connectivity index is -0.000000232. The highest BCUT2D eigenvalue weighted by atomic mass is 16.4. The third-order valence-corrected chi connectivity index (χ3v) is 4.44. The molecule has 0 saturated heterocycles. The number of aliphatic hydroxyl groups is 1. The number of likely N-dealkylation sites (N-methyl/N-ethyl adjacent to an activating group) is 1. The van der Waals surface area contributed by atoms with Crippen LogP contribution in [0.4, 0.5) is 0 Å². The molecule has 8 heteroatoms. The average Bonchev–Trinajstić information content (AvgIpc) is 2.96. The van der Waals surface area contributed by atoms with E-state index in [1.54, 1.807) is 62.6 Å². The van der Waals surface area contributed by atoms with E-state index in [0.29, 0.717) is 18.0 Å². The summed E-state index contributed by atoms with van der Waals surface area (Å²) in [7, 11) is 8.68. The van der Waals surface area contributed by atoms with Crippen molar-refractivity contribution in [2.75, 3.05) is 41.8 Å². The van der Waals surface area contributed by atoms with Gasteiger partial charge in [0, 0.05) is 18.2 Å². The molecule has 3 rings (SSSR count). The summed E-state index contributed by atoms with van der Waals surface area (Å²) in [6.07, 6.45) is 0. The van der Waals surface area contributed by atoms with Gasteiger partial charge in [0.05, 0.1) is 34.2 Å². The van der Waals surface area contributed by atoms with Gasteiger partial charge in [-0.3, -0.25) is 0 Å². The number of rotatable bonds is 6. The second kappa shape index (κ2) is 29.4. The number of aliphatic hydroxyl groups excluding tert-OH is 1. The van der Waals surface area contributed by atoms with Crippen molar-refractivity contribution in [1.29, 1.82) is 0 Å². The highest BCUT2D eigenvalue weighted by molar-refractivity contribution is 5.65. The van der Waals surface area contributed by atoms with Crippen LogP contribution in [0.3, 0.4) is 0 Å². The van der Waals surface area contributed by atoms with E-state index in [1.165, 1.54) is 4.90 Å². The van der Waals surface area contributed by atoms with E-state index < -0.39 is 5.97 Å². The highest BCUT2D eigenvalue weighted by Gasteiger charge is 2.17. The zero-order chi connectivity index (χ0) is 32.9. The van der Waals surface area contributed by atoms with Crippen LogP contribution in [0.2, 0.25) is 0 Å². The van der Waals surface area contributed by atoms with E-state index in [0.717, 1.165) is 24.8 Å². The van der Waals surface area contributed by atoms with Gasteiger partial charge in [-0.05, 0) is 36.4 Å². The fraction of sp³-hybridized carbons (Fsp3) is 0.424. The van der Waals surface area contributed by atoms with Crippen molar-refractivity contribution in [1.82, 2.24) is 0 Å². The molecule has 234 valence electrons. The molecule has 0 aliphatic heterocycles. The van der Waals surface area contributed by atoms with Crippen molar-refractivity contribution in [3.8, 4) is 17.2 Å². The number of benzene rings is 3. The van der Waals surface area contributed by atoms with Gasteiger partial charge in [0.25, 0.3) is 0 Å². The molecule has 0 aliphatic rings. The van der Waals surface area contributed by atoms with Crippen molar-refractivity contribution in [3.05, 3.63) is 90.0 Å². The quantitative estimate of drug-likeness (QED) is 0.284. The molecule has 3 aromatic rings. The van der Waals surface area contributed by atoms with Crippen LogP contribution in [-0.4, -0.2) is 72.7 Å². The molecule has 3 aromatic carbocycles. The summed E-state index contributed by atoms with van der Waals surface area (Å²) in [5, 5.41) is 45.0. The van der Waals surface area contributed by atoms with Gasteiger partial charge in [0.15, 0.2) is 0 Å². The molecule has 0 bridgehead atoms. The van der Waals surface area contributed by atoms with Crippen LogP contribution >= 0.6 is 0 Å². The van der Waals surface area contributed by atoms with E-state index in [-0.39, 0.29) is 16.8 Å². The summed E-state index contributed by atoms with van der Waals surface area (Å²) in [5.74, 6) is -0.173. The van der Waals surface area contributed by atoms with Crippen LogP contribution in [0.25, 0.3) is 0 Å². The summed E-state index contributed by atoms with van der Waals surface area (Å²) in [5.41, 5.74) is 1.75. The minimum absolute atomic E-state index is 0.0751. The number of carbonyl (C=O) groups excluding carboxylic acids is 1. The Kier molecular flexibility index (Phi) is 31.9. The van der Waals surface area contributed by atoms with Crippen LogP contribution in [0.5, 0.6) is 17.2 Å². The van der Waals surface area contributed by atoms with Crippen LogP contribution in [0, 0.1) is 0 Å². The molecular weight excluding hydrogens is 520 g/mol. The van der Waals surface area contributed by atoms with E-state index in [1.807, 2.05) is 71.9 Å². The number of hydrogen-bond donors (Lipinski definition) is 5. The highest BCUT2D eigenvalue weighted by Crippen LogP contribution is 2.19. The third-order valence-electron chi connectivity index (χ3n) is 4.44. The first-order valence-electron chi connectivity index (χ1n) is 14.0. The van der Waals surface area contributed by atoms with Crippen molar-refractivity contribution in [3.63, 3.8) is 0 Å². The number of carboxylic acids is 1. The Morgan fingerprint density at radius 2 is 1.05 bits per heavy atom. The van der Waals surface area contributed by atoms with Gasteiger partial charge in [-0.25, -0.2) is 0 Å². The number of quaternary nitrogens is 2. The first-order valence-corrected chi connectivity index (χ1v) is 14.0. The minimum atomic E-state index is -1.09. The van der Waals surface area contributed by atoms with Gasteiger partial charge in [0.1, 0.15) is 36.9 Å². The molecule has 0 saturated carbocycles. The lowest BCUT2D eigenvalue weighted by Crippen LogP contribution is -3.04. The van der Waals surface area contributed by atoms with E-state index >= 15 is 0 Å². The van der Waals surface area contributed by atoms with Crippen molar-refractivity contribution in [2.45, 2.75) is 54.6 Å². The lowest BCUT2D eigenvalue weighted by molar-refractivity contribution is -0.898. The molecule has 0 radical (unpaired) electrons. The number of nitrogens with one attached hydrogen (secondary N) is 1. The van der Waals surface area contributed by atoms with Crippen LogP contribution < -0.4 is 10.0 Å². The number of carboxylic acid groups (broad SMARTS) is 1. The van der Waals surface area contributed by atoms with E-state index in [9.17, 15) is 20.1 Å². The number of hydrogen-bond acceptors (Lipinski definition) is 6. The summed E-state index contributed by atoms with van der Waals surface area (Å²) < 4.78 is 0.250. The Bertz CT molecular complexity index is 980. The third kappa shape index (κ3) is 26.4. The molecule has 0 heterocycles. The SMILES string of the molecule is CC.CC.CC.CO.C[N+](C)(CC(=O)[O-])Cc1ccccc1O.C[NH+](C)Cc1ccccc1O.Oc1ccccc1. The Morgan fingerprint density at radius 1 is 0.683 bits per heavy atom. The lowest BCUT2D eigenvalue weighted by Gasteiger charge is -2.30. The van der Waals surface area contributed by atoms with Gasteiger partial charge in [0.2, 0.25) is 0 Å². The number of phenols is 3. The van der Waals surface area contributed by atoms with Gasteiger partial charge in [-0.2, -0.15) is 0 Å². The fourth-order valence-corrected chi connectivity index (χ4v) is 2.98. The summed E-state index contributed by atoms with van der Waals surface area (Å²) in [4.78, 5) is 11.8. The average molecular weight is 578 g/mol. The standard InChI is InChI=1S/C11H15NO3.C9H13NO.C6H6O.3C2H6.CH4O/c1-12(2,8-11(14)15)7-9-5-3-4-6-10(9)13;1-10(2)7-8-5-3-4-6-9(8)11;7-6-4-2-1-3-5-6;4*1-2/h3-6H,7-8H2,1-2H3,(H-,13,14,15);3-6,11H,7H2,1-2H3;1-5,7H;3*1-2H3;2H,1H3/p+1. The second-order valence-corrected chi connectivity index (χ2v) is 8.60. The maximum absolute atomic E-state index is 10.5. The molecule has 5 N–H and O–H groups in total. The van der Waals surface area contributed by atoms with Gasteiger partial charge >= 0.3 is 0 Å². The van der Waals surface area contributed by atoms with Crippen LogP contribution in [0.15, 0.2) is 78.9 Å². The monoisotopic (exact) mass is 577 g/mol. The second-order valence-electron chi connectivity index (χ2n) is 8.60. The van der Waals surface area contributed by atoms with Crippen LogP contribution in [-0.2, 0) is 17.9 Å². The molecule has 0 atom stereocenters. The normalized spacial score (nSPS) is 9.00. The smallest absolute Gasteiger partial charge is 0.124 e. The molecule has 0 amide bonds. The molecule has 0 aliphatic carbocycles. The predicted octanol–water partition coefficient (Wildman–Crippen LogP) is 3.83. The Hall–Kier alpha value is -3.59. The number of aromatic hydroxyl groups is 3. The molecule has 0 fully saturated rings. The Morgan fingerprint density at radius 3 is 1.37 bits per heavy atom. The molecule has 0 spiro atoms. The zero-order valence-electron chi connectivity index (χ0n) is 27.2. The zero-order valence-corrected chi connectivity index (χ0v) is 27.2. The maximum atomic E-state index is 10.5. The Labute approximate surface area is 249 Å². The number of phenolic OH excluding ortho intramolecular Hbond substituents is 3. The first kappa shape index (κ1) is 44.4. The van der Waals surface area contributed by atoms with Crippen LogP contribution in [0.1, 0.15) is 52.7 Å². The molecule has 0 aromatic heterocycles. The number of para-hydroxylation sites is 3. The first-order chi connectivity index (χ1) is 19.5. The minimum Gasteiger partial charge on any atom is -0.544 e. The van der Waals surface area contributed by atoms with Crippen molar-refractivity contribution >= 4 is 5.97 Å². The number of nitrogens with zero attached hydrogens (tertiary/aromatic N) is 1. The summed E-state index contributed by atoms with van der Waals surface area (Å²) in [6.45, 7) is 13.3. The van der Waals surface area contributed by atoms with E-state index in [4.69, 9.17) is 10.2 Å². The molecule has 8 nitrogen and oxygen atoms in total. The predicted molar refractivity (Wildman–Crippen MR) is 169 cm³/mol. The van der Waals surface area contributed by atoms with Crippen molar-refractivity contribution in [2.24, 2.45) is 0 Å². The molecule has 41 heavy (non-hydrogen) atoms. The van der Waals surface area contributed by atoms with Crippen molar-refractivity contribution < 1.29 is 39.7 Å². The molecular formula is C33H57N2O6+. The maximum Gasteiger partial charge on any atom is 0.124 e. The summed E-state index contributed by atoms with van der Waals surface area (Å²) >= 11 is 0. The van der Waals surface area contributed by atoms with Gasteiger partial charge in [-0.15, -0.1) is 0 Å². The van der Waals surface area contributed by atoms with E-state index in [2.05, 4.69) is 14.1 Å². The molecule has 0 unspecified atom stereocenters.